The van der Waals surface area contributed by atoms with E-state index < -0.39 is 0 Å². The molecule has 108 valence electrons. The minimum absolute atomic E-state index is 0.742. The molecule has 0 saturated carbocycles. The summed E-state index contributed by atoms with van der Waals surface area (Å²) in [6, 6.07) is 7.85. The number of rotatable bonds is 7. The van der Waals surface area contributed by atoms with Crippen LogP contribution >= 0.6 is 11.6 Å². The van der Waals surface area contributed by atoms with E-state index in [0.29, 0.717) is 0 Å². The maximum atomic E-state index is 6.08. The average molecular weight is 292 g/mol. The van der Waals surface area contributed by atoms with Crippen molar-refractivity contribution >= 4 is 11.6 Å². The van der Waals surface area contributed by atoms with E-state index in [0.717, 1.165) is 43.1 Å². The zero-order valence-corrected chi connectivity index (χ0v) is 13.0. The third-order valence-electron chi connectivity index (χ3n) is 3.24. The Labute approximate surface area is 126 Å². The molecular formula is C16H22ClN3. The van der Waals surface area contributed by atoms with E-state index in [9.17, 15) is 0 Å². The van der Waals surface area contributed by atoms with Gasteiger partial charge in [0, 0.05) is 22.8 Å². The summed E-state index contributed by atoms with van der Waals surface area (Å²) in [6.45, 7) is 6.28. The lowest BCUT2D eigenvalue weighted by Crippen LogP contribution is -2.15. The molecule has 1 aromatic carbocycles. The summed E-state index contributed by atoms with van der Waals surface area (Å²) in [5.41, 5.74) is 3.58. The highest BCUT2D eigenvalue weighted by atomic mass is 35.5. The minimum atomic E-state index is 0.742. The van der Waals surface area contributed by atoms with Crippen LogP contribution in [0.1, 0.15) is 37.9 Å². The molecule has 0 saturated heterocycles. The third-order valence-corrected chi connectivity index (χ3v) is 3.47. The van der Waals surface area contributed by atoms with Gasteiger partial charge in [0.2, 0.25) is 0 Å². The summed E-state index contributed by atoms with van der Waals surface area (Å²) in [6.07, 6.45) is 5.24. The van der Waals surface area contributed by atoms with E-state index >= 15 is 0 Å². The van der Waals surface area contributed by atoms with E-state index in [2.05, 4.69) is 24.3 Å². The molecule has 1 N–H and O–H groups in total. The Hall–Kier alpha value is -1.32. The molecule has 2 aromatic rings. The zero-order chi connectivity index (χ0) is 14.4. The minimum Gasteiger partial charge on any atom is -0.313 e. The highest BCUT2D eigenvalue weighted by molar-refractivity contribution is 6.30. The number of benzene rings is 1. The van der Waals surface area contributed by atoms with Gasteiger partial charge in [-0.2, -0.15) is 5.10 Å². The first-order valence-corrected chi connectivity index (χ1v) is 7.66. The van der Waals surface area contributed by atoms with Crippen LogP contribution in [0, 0.1) is 0 Å². The summed E-state index contributed by atoms with van der Waals surface area (Å²) >= 11 is 6.08. The van der Waals surface area contributed by atoms with Gasteiger partial charge in [0.05, 0.1) is 11.9 Å². The summed E-state index contributed by atoms with van der Waals surface area (Å²) in [4.78, 5) is 0. The Bertz CT molecular complexity index is 548. The Balaban J connectivity index is 2.28. The Morgan fingerprint density at radius 1 is 1.25 bits per heavy atom. The highest BCUT2D eigenvalue weighted by Crippen LogP contribution is 2.19. The molecule has 0 aliphatic rings. The number of aromatic nitrogens is 2. The summed E-state index contributed by atoms with van der Waals surface area (Å²) < 4.78 is 2.01. The maximum absolute atomic E-state index is 6.08. The highest BCUT2D eigenvalue weighted by Gasteiger charge is 2.11. The molecule has 0 amide bonds. The molecule has 0 spiro atoms. The van der Waals surface area contributed by atoms with Crippen LogP contribution in [0.15, 0.2) is 30.5 Å². The lowest BCUT2D eigenvalue weighted by atomic mass is 10.1. The largest absolute Gasteiger partial charge is 0.313 e. The smallest absolute Gasteiger partial charge is 0.0663 e. The number of halogens is 1. The van der Waals surface area contributed by atoms with Crippen molar-refractivity contribution in [1.82, 2.24) is 15.1 Å². The third kappa shape index (κ3) is 3.62. The number of nitrogens with zero attached hydrogens (tertiary/aromatic N) is 2. The first kappa shape index (κ1) is 15.1. The van der Waals surface area contributed by atoms with Crippen molar-refractivity contribution in [2.75, 3.05) is 6.54 Å². The number of hydrogen-bond donors (Lipinski definition) is 1. The molecule has 0 unspecified atom stereocenters. The first-order chi connectivity index (χ1) is 9.76. The standard InChI is InChI=1S/C16H22ClN3/c1-3-6-16-13(11-18-9-4-2)12-19-20(16)15-8-5-7-14(17)10-15/h5,7-8,10,12,18H,3-4,6,9,11H2,1-2H3. The Kier molecular flexibility index (Phi) is 5.62. The van der Waals surface area contributed by atoms with Gasteiger partial charge >= 0.3 is 0 Å². The fourth-order valence-electron chi connectivity index (χ4n) is 2.29. The van der Waals surface area contributed by atoms with Crippen molar-refractivity contribution in [2.45, 2.75) is 39.7 Å². The maximum Gasteiger partial charge on any atom is 0.0663 e. The molecule has 0 aliphatic heterocycles. The van der Waals surface area contributed by atoms with Crippen LogP contribution in [0.2, 0.25) is 5.02 Å². The van der Waals surface area contributed by atoms with Gasteiger partial charge in [0.15, 0.2) is 0 Å². The van der Waals surface area contributed by atoms with E-state index in [-0.39, 0.29) is 0 Å². The van der Waals surface area contributed by atoms with Gasteiger partial charge in [-0.15, -0.1) is 0 Å². The number of hydrogen-bond acceptors (Lipinski definition) is 2. The van der Waals surface area contributed by atoms with Gasteiger partial charge in [-0.1, -0.05) is 37.9 Å². The Morgan fingerprint density at radius 3 is 2.80 bits per heavy atom. The first-order valence-electron chi connectivity index (χ1n) is 7.28. The molecular weight excluding hydrogens is 270 g/mol. The van der Waals surface area contributed by atoms with E-state index in [4.69, 9.17) is 11.6 Å². The molecule has 1 heterocycles. The van der Waals surface area contributed by atoms with E-state index in [1.54, 1.807) is 0 Å². The molecule has 0 radical (unpaired) electrons. The van der Waals surface area contributed by atoms with Crippen molar-refractivity contribution in [3.05, 3.63) is 46.7 Å². The second-order valence-electron chi connectivity index (χ2n) is 4.93. The second-order valence-corrected chi connectivity index (χ2v) is 5.37. The average Bonchev–Trinajstić information content (AvgIpc) is 2.83. The fraction of sp³-hybridized carbons (Fsp3) is 0.438. The molecule has 2 rings (SSSR count). The van der Waals surface area contributed by atoms with Crippen LogP contribution in [0.5, 0.6) is 0 Å². The number of nitrogens with one attached hydrogen (secondary N) is 1. The fourth-order valence-corrected chi connectivity index (χ4v) is 2.47. The molecule has 0 bridgehead atoms. The zero-order valence-electron chi connectivity index (χ0n) is 12.2. The van der Waals surface area contributed by atoms with E-state index in [1.165, 1.54) is 11.3 Å². The van der Waals surface area contributed by atoms with Crippen molar-refractivity contribution in [3.63, 3.8) is 0 Å². The van der Waals surface area contributed by atoms with Crippen molar-refractivity contribution in [2.24, 2.45) is 0 Å². The quantitative estimate of drug-likeness (QED) is 0.782. The summed E-state index contributed by atoms with van der Waals surface area (Å²) in [7, 11) is 0. The normalized spacial score (nSPS) is 10.9. The molecule has 0 atom stereocenters. The monoisotopic (exact) mass is 291 g/mol. The van der Waals surface area contributed by atoms with Crippen molar-refractivity contribution in [1.29, 1.82) is 0 Å². The van der Waals surface area contributed by atoms with Crippen LogP contribution < -0.4 is 5.32 Å². The molecule has 1 aromatic heterocycles. The van der Waals surface area contributed by atoms with Crippen LogP contribution in [-0.2, 0) is 13.0 Å². The molecule has 0 fully saturated rings. The van der Waals surface area contributed by atoms with Gasteiger partial charge in [0.1, 0.15) is 0 Å². The van der Waals surface area contributed by atoms with Gasteiger partial charge in [-0.05, 0) is 37.6 Å². The summed E-state index contributed by atoms with van der Waals surface area (Å²) in [5.74, 6) is 0. The van der Waals surface area contributed by atoms with Gasteiger partial charge in [0.25, 0.3) is 0 Å². The molecule has 3 nitrogen and oxygen atoms in total. The van der Waals surface area contributed by atoms with E-state index in [1.807, 2.05) is 35.1 Å². The van der Waals surface area contributed by atoms with Crippen molar-refractivity contribution < 1.29 is 0 Å². The summed E-state index contributed by atoms with van der Waals surface area (Å²) in [5, 5.41) is 8.73. The van der Waals surface area contributed by atoms with Gasteiger partial charge in [-0.3, -0.25) is 0 Å². The molecule has 0 aliphatic carbocycles. The lowest BCUT2D eigenvalue weighted by Gasteiger charge is -2.10. The van der Waals surface area contributed by atoms with Gasteiger partial charge in [-0.25, -0.2) is 4.68 Å². The predicted octanol–water partition coefficient (Wildman–Crippen LogP) is 3.98. The lowest BCUT2D eigenvalue weighted by molar-refractivity contribution is 0.666. The van der Waals surface area contributed by atoms with Crippen LogP contribution in [-0.4, -0.2) is 16.3 Å². The second kappa shape index (κ2) is 7.46. The topological polar surface area (TPSA) is 29.9 Å². The van der Waals surface area contributed by atoms with Crippen LogP contribution in [0.4, 0.5) is 0 Å². The van der Waals surface area contributed by atoms with Crippen molar-refractivity contribution in [3.8, 4) is 5.69 Å². The SMILES string of the molecule is CCCNCc1cnn(-c2cccc(Cl)c2)c1CCC. The Morgan fingerprint density at radius 2 is 2.10 bits per heavy atom. The predicted molar refractivity (Wildman–Crippen MR) is 84.6 cm³/mol. The molecule has 4 heteroatoms. The van der Waals surface area contributed by atoms with Crippen LogP contribution in [0.3, 0.4) is 0 Å². The molecule has 20 heavy (non-hydrogen) atoms. The van der Waals surface area contributed by atoms with Crippen LogP contribution in [0.25, 0.3) is 5.69 Å². The van der Waals surface area contributed by atoms with Gasteiger partial charge < -0.3 is 5.32 Å².